The molecule has 0 saturated heterocycles. The third kappa shape index (κ3) is 3.34. The summed E-state index contributed by atoms with van der Waals surface area (Å²) in [6.07, 6.45) is 5.84. The Bertz CT molecular complexity index is 1000. The van der Waals surface area contributed by atoms with Crippen molar-refractivity contribution in [1.82, 2.24) is 24.1 Å². The van der Waals surface area contributed by atoms with Gasteiger partial charge in [-0.3, -0.25) is 18.9 Å². The number of nitrogens with zero attached hydrogens (tertiary/aromatic N) is 4. The van der Waals surface area contributed by atoms with Gasteiger partial charge in [0.25, 0.3) is 5.56 Å². The van der Waals surface area contributed by atoms with Crippen molar-refractivity contribution in [3.8, 4) is 0 Å². The number of rotatable bonds is 7. The van der Waals surface area contributed by atoms with Gasteiger partial charge in [-0.25, -0.2) is 9.78 Å². The van der Waals surface area contributed by atoms with Crippen molar-refractivity contribution in [2.75, 3.05) is 0 Å². The summed E-state index contributed by atoms with van der Waals surface area (Å²) >= 11 is 0. The van der Waals surface area contributed by atoms with Crippen LogP contribution in [0.15, 0.2) is 34.1 Å². The van der Waals surface area contributed by atoms with Gasteiger partial charge in [0.05, 0.1) is 0 Å². The van der Waals surface area contributed by atoms with Gasteiger partial charge in [0.15, 0.2) is 5.65 Å². The van der Waals surface area contributed by atoms with Gasteiger partial charge < -0.3 is 4.98 Å². The summed E-state index contributed by atoms with van der Waals surface area (Å²) in [5.74, 6) is 0.821. The lowest BCUT2D eigenvalue weighted by Crippen LogP contribution is -2.40. The Hall–Kier alpha value is -2.70. The number of aryl methyl sites for hydroxylation is 1. The Kier molecular flexibility index (Phi) is 5.35. The van der Waals surface area contributed by atoms with Crippen LogP contribution in [0.4, 0.5) is 0 Å². The van der Waals surface area contributed by atoms with Crippen molar-refractivity contribution in [2.24, 2.45) is 0 Å². The standard InChI is InChI=1S/C19H25N5O2/c1-4-10-23-17-15(18(25)24(11-5-2)19(23)26)21-16(22-17)13(3)12-14-6-8-20-9-7-14/h6-9,13H,4-5,10-12H2,1-3H3,(H,21,22). The van der Waals surface area contributed by atoms with Crippen molar-refractivity contribution >= 4 is 11.2 Å². The van der Waals surface area contributed by atoms with E-state index in [4.69, 9.17) is 0 Å². The predicted octanol–water partition coefficient (Wildman–Crippen LogP) is 2.45. The highest BCUT2D eigenvalue weighted by Crippen LogP contribution is 2.19. The summed E-state index contributed by atoms with van der Waals surface area (Å²) in [6.45, 7) is 6.98. The average Bonchev–Trinajstić information content (AvgIpc) is 3.09. The van der Waals surface area contributed by atoms with Gasteiger partial charge in [-0.05, 0) is 37.0 Å². The molecule has 3 aromatic rings. The molecule has 138 valence electrons. The van der Waals surface area contributed by atoms with Crippen molar-refractivity contribution in [3.63, 3.8) is 0 Å². The number of nitrogens with one attached hydrogen (secondary N) is 1. The molecule has 0 bridgehead atoms. The Balaban J connectivity index is 2.09. The third-order valence-electron chi connectivity index (χ3n) is 4.53. The first-order valence-electron chi connectivity index (χ1n) is 9.18. The van der Waals surface area contributed by atoms with E-state index < -0.39 is 0 Å². The molecule has 0 aromatic carbocycles. The number of hydrogen-bond donors (Lipinski definition) is 1. The molecule has 0 amide bonds. The molecule has 3 heterocycles. The molecule has 0 saturated carbocycles. The van der Waals surface area contributed by atoms with Crippen LogP contribution in [0.1, 0.15) is 50.9 Å². The van der Waals surface area contributed by atoms with Crippen LogP contribution in [0.25, 0.3) is 11.2 Å². The number of aromatic amines is 1. The molecular formula is C19H25N5O2. The lowest BCUT2D eigenvalue weighted by molar-refractivity contribution is 0.555. The van der Waals surface area contributed by atoms with Crippen molar-refractivity contribution in [2.45, 2.75) is 59.0 Å². The molecule has 1 unspecified atom stereocenters. The number of fused-ring (bicyclic) bond motifs is 1. The van der Waals surface area contributed by atoms with E-state index in [1.54, 1.807) is 17.0 Å². The van der Waals surface area contributed by atoms with Crippen LogP contribution in [0.5, 0.6) is 0 Å². The van der Waals surface area contributed by atoms with E-state index in [9.17, 15) is 9.59 Å². The molecule has 26 heavy (non-hydrogen) atoms. The van der Waals surface area contributed by atoms with Gasteiger partial charge in [0.2, 0.25) is 0 Å². The molecule has 0 aliphatic heterocycles. The fourth-order valence-electron chi connectivity index (χ4n) is 3.23. The molecule has 0 aliphatic rings. The van der Waals surface area contributed by atoms with Gasteiger partial charge in [-0.2, -0.15) is 0 Å². The maximum Gasteiger partial charge on any atom is 0.332 e. The maximum absolute atomic E-state index is 12.8. The normalized spacial score (nSPS) is 12.6. The van der Waals surface area contributed by atoms with Crippen molar-refractivity contribution in [1.29, 1.82) is 0 Å². The van der Waals surface area contributed by atoms with E-state index in [0.717, 1.165) is 30.7 Å². The smallest absolute Gasteiger partial charge is 0.332 e. The van der Waals surface area contributed by atoms with E-state index in [2.05, 4.69) is 21.9 Å². The van der Waals surface area contributed by atoms with Gasteiger partial charge >= 0.3 is 5.69 Å². The molecule has 0 aliphatic carbocycles. The van der Waals surface area contributed by atoms with Gasteiger partial charge in [-0.15, -0.1) is 0 Å². The number of imidazole rings is 1. The highest BCUT2D eigenvalue weighted by atomic mass is 16.2. The van der Waals surface area contributed by atoms with Crippen LogP contribution in [-0.4, -0.2) is 24.1 Å². The third-order valence-corrected chi connectivity index (χ3v) is 4.53. The average molecular weight is 355 g/mol. The first-order chi connectivity index (χ1) is 12.6. The quantitative estimate of drug-likeness (QED) is 0.705. The fraction of sp³-hybridized carbons (Fsp3) is 0.474. The molecular weight excluding hydrogens is 330 g/mol. The highest BCUT2D eigenvalue weighted by molar-refractivity contribution is 5.70. The number of aromatic nitrogens is 5. The second-order valence-corrected chi connectivity index (χ2v) is 6.67. The van der Waals surface area contributed by atoms with E-state index >= 15 is 0 Å². The van der Waals surface area contributed by atoms with Crippen LogP contribution in [0.2, 0.25) is 0 Å². The first-order valence-corrected chi connectivity index (χ1v) is 9.18. The minimum Gasteiger partial charge on any atom is -0.336 e. The maximum atomic E-state index is 12.8. The van der Waals surface area contributed by atoms with Crippen LogP contribution in [0, 0.1) is 0 Å². The minimum absolute atomic E-state index is 0.0917. The molecule has 0 spiro atoms. The lowest BCUT2D eigenvalue weighted by atomic mass is 10.0. The van der Waals surface area contributed by atoms with Crippen LogP contribution >= 0.6 is 0 Å². The molecule has 7 nitrogen and oxygen atoms in total. The summed E-state index contributed by atoms with van der Waals surface area (Å²) in [5, 5.41) is 0. The minimum atomic E-state index is -0.283. The molecule has 0 radical (unpaired) electrons. The zero-order valence-electron chi connectivity index (χ0n) is 15.5. The Morgan fingerprint density at radius 2 is 1.73 bits per heavy atom. The molecule has 1 atom stereocenters. The molecule has 7 heteroatoms. The number of hydrogen-bond acceptors (Lipinski definition) is 4. The van der Waals surface area contributed by atoms with Crippen LogP contribution in [-0.2, 0) is 19.5 Å². The van der Waals surface area contributed by atoms with Gasteiger partial charge in [-0.1, -0.05) is 20.8 Å². The monoisotopic (exact) mass is 355 g/mol. The summed E-state index contributed by atoms with van der Waals surface area (Å²) in [4.78, 5) is 37.3. The van der Waals surface area contributed by atoms with E-state index in [-0.39, 0.29) is 17.2 Å². The SMILES string of the molecule is CCCn1c(=O)c2[nH]c(C(C)Cc3ccncc3)nc2n(CCC)c1=O. The van der Waals surface area contributed by atoms with E-state index in [0.29, 0.717) is 24.3 Å². The molecule has 1 N–H and O–H groups in total. The lowest BCUT2D eigenvalue weighted by Gasteiger charge is -2.09. The van der Waals surface area contributed by atoms with E-state index in [1.807, 2.05) is 26.0 Å². The van der Waals surface area contributed by atoms with Crippen LogP contribution < -0.4 is 11.2 Å². The predicted molar refractivity (Wildman–Crippen MR) is 102 cm³/mol. The second kappa shape index (κ2) is 7.68. The van der Waals surface area contributed by atoms with E-state index in [1.165, 1.54) is 4.57 Å². The Morgan fingerprint density at radius 3 is 2.38 bits per heavy atom. The highest BCUT2D eigenvalue weighted by Gasteiger charge is 2.19. The summed E-state index contributed by atoms with van der Waals surface area (Å²) < 4.78 is 2.93. The van der Waals surface area contributed by atoms with Gasteiger partial charge in [0, 0.05) is 31.4 Å². The summed E-state index contributed by atoms with van der Waals surface area (Å²) in [5.41, 5.74) is 1.48. The zero-order valence-corrected chi connectivity index (χ0v) is 15.5. The van der Waals surface area contributed by atoms with Crippen LogP contribution in [0.3, 0.4) is 0 Å². The first kappa shape index (κ1) is 18.1. The number of pyridine rings is 1. The molecule has 3 rings (SSSR count). The summed E-state index contributed by atoms with van der Waals surface area (Å²) in [6, 6.07) is 3.95. The van der Waals surface area contributed by atoms with Crippen molar-refractivity contribution in [3.05, 3.63) is 56.8 Å². The largest absolute Gasteiger partial charge is 0.336 e. The molecule has 3 aromatic heterocycles. The second-order valence-electron chi connectivity index (χ2n) is 6.67. The number of H-pyrrole nitrogens is 1. The Morgan fingerprint density at radius 1 is 1.08 bits per heavy atom. The Labute approximate surface area is 151 Å². The zero-order chi connectivity index (χ0) is 18.7. The van der Waals surface area contributed by atoms with Crippen molar-refractivity contribution < 1.29 is 0 Å². The fourth-order valence-corrected chi connectivity index (χ4v) is 3.23. The topological polar surface area (TPSA) is 85.6 Å². The van der Waals surface area contributed by atoms with Gasteiger partial charge in [0.1, 0.15) is 11.3 Å². The molecule has 0 fully saturated rings. The summed E-state index contributed by atoms with van der Waals surface area (Å²) in [7, 11) is 0.